The summed E-state index contributed by atoms with van der Waals surface area (Å²) in [5, 5.41) is 9.33. The fourth-order valence-corrected chi connectivity index (χ4v) is 3.02. The first kappa shape index (κ1) is 15.2. The van der Waals surface area contributed by atoms with E-state index in [1.165, 1.54) is 6.07 Å². The maximum atomic E-state index is 14.3. The summed E-state index contributed by atoms with van der Waals surface area (Å²) in [7, 11) is 0. The standard InChI is InChI=1S/C15H17BrFN5/c1-3-19-22-10(2)12-8-11(16)9-13(17)14(12)20-15(22)21-6-4-18-5-7-21/h3,8-9,18H,2,4-7H2,1H3/b19-3-. The Balaban J connectivity index is 2.11. The van der Waals surface area contributed by atoms with E-state index in [0.29, 0.717) is 27.4 Å². The highest BCUT2D eigenvalue weighted by atomic mass is 79.9. The summed E-state index contributed by atoms with van der Waals surface area (Å²) in [5.41, 5.74) is 1.59. The third-order valence-corrected chi connectivity index (χ3v) is 4.08. The molecule has 2 aliphatic heterocycles. The monoisotopic (exact) mass is 365 g/mol. The topological polar surface area (TPSA) is 43.2 Å². The maximum Gasteiger partial charge on any atom is 0.227 e. The normalized spacial score (nSPS) is 18.7. The highest BCUT2D eigenvalue weighted by Crippen LogP contribution is 2.38. The lowest BCUT2D eigenvalue weighted by molar-refractivity contribution is 0.323. The first-order valence-electron chi connectivity index (χ1n) is 7.13. The van der Waals surface area contributed by atoms with Crippen molar-refractivity contribution in [3.05, 3.63) is 34.6 Å². The molecule has 2 heterocycles. The van der Waals surface area contributed by atoms with E-state index < -0.39 is 0 Å². The Morgan fingerprint density at radius 3 is 2.82 bits per heavy atom. The van der Waals surface area contributed by atoms with Crippen LogP contribution in [0, 0.1) is 5.82 Å². The van der Waals surface area contributed by atoms with Crippen molar-refractivity contribution in [2.75, 3.05) is 26.2 Å². The van der Waals surface area contributed by atoms with Crippen LogP contribution in [0.3, 0.4) is 0 Å². The number of benzene rings is 1. The van der Waals surface area contributed by atoms with Gasteiger partial charge in [-0.2, -0.15) is 5.10 Å². The Labute approximate surface area is 137 Å². The Hall–Kier alpha value is -1.73. The fraction of sp³-hybridized carbons (Fsp3) is 0.333. The van der Waals surface area contributed by atoms with Crippen LogP contribution in [0.1, 0.15) is 12.5 Å². The molecule has 0 aromatic heterocycles. The van der Waals surface area contributed by atoms with Gasteiger partial charge in [0.15, 0.2) is 5.82 Å². The molecule has 22 heavy (non-hydrogen) atoms. The summed E-state index contributed by atoms with van der Waals surface area (Å²) in [6, 6.07) is 3.24. The fourth-order valence-electron chi connectivity index (χ4n) is 2.59. The predicted octanol–water partition coefficient (Wildman–Crippen LogP) is 2.77. The first-order valence-corrected chi connectivity index (χ1v) is 7.92. The molecule has 0 bridgehead atoms. The molecule has 0 amide bonds. The molecule has 2 aliphatic rings. The second kappa shape index (κ2) is 6.18. The molecule has 0 unspecified atom stereocenters. The van der Waals surface area contributed by atoms with E-state index in [9.17, 15) is 4.39 Å². The molecule has 1 N–H and O–H groups in total. The number of hydrogen-bond donors (Lipinski definition) is 1. The summed E-state index contributed by atoms with van der Waals surface area (Å²) < 4.78 is 15.0. The second-order valence-electron chi connectivity index (χ2n) is 5.06. The quantitative estimate of drug-likeness (QED) is 0.778. The minimum Gasteiger partial charge on any atom is -0.338 e. The van der Waals surface area contributed by atoms with Crippen molar-refractivity contribution in [2.24, 2.45) is 10.1 Å². The highest BCUT2D eigenvalue weighted by Gasteiger charge is 2.30. The highest BCUT2D eigenvalue weighted by molar-refractivity contribution is 9.10. The second-order valence-corrected chi connectivity index (χ2v) is 5.98. The van der Waals surface area contributed by atoms with Crippen LogP contribution in [-0.4, -0.2) is 48.3 Å². The summed E-state index contributed by atoms with van der Waals surface area (Å²) in [5.74, 6) is 0.261. The van der Waals surface area contributed by atoms with Gasteiger partial charge in [0.05, 0.1) is 5.70 Å². The first-order chi connectivity index (χ1) is 10.6. The molecule has 0 spiro atoms. The van der Waals surface area contributed by atoms with Crippen LogP contribution >= 0.6 is 15.9 Å². The molecule has 116 valence electrons. The molecule has 5 nitrogen and oxygen atoms in total. The summed E-state index contributed by atoms with van der Waals surface area (Å²) in [4.78, 5) is 6.63. The molecule has 7 heteroatoms. The zero-order valence-electron chi connectivity index (χ0n) is 12.3. The van der Waals surface area contributed by atoms with Gasteiger partial charge in [0.25, 0.3) is 0 Å². The number of rotatable bonds is 1. The van der Waals surface area contributed by atoms with Crippen LogP contribution in [-0.2, 0) is 0 Å². The van der Waals surface area contributed by atoms with Gasteiger partial charge in [0.1, 0.15) is 5.69 Å². The molecular weight excluding hydrogens is 349 g/mol. The number of piperazine rings is 1. The average Bonchev–Trinajstić information content (AvgIpc) is 2.51. The number of hydrogen-bond acceptors (Lipinski definition) is 5. The van der Waals surface area contributed by atoms with E-state index >= 15 is 0 Å². The largest absolute Gasteiger partial charge is 0.338 e. The Morgan fingerprint density at radius 2 is 2.14 bits per heavy atom. The Kier molecular flexibility index (Phi) is 4.26. The summed E-state index contributed by atoms with van der Waals surface area (Å²) >= 11 is 3.31. The van der Waals surface area contributed by atoms with Gasteiger partial charge in [-0.3, -0.25) is 0 Å². The van der Waals surface area contributed by atoms with E-state index in [0.717, 1.165) is 26.2 Å². The number of nitrogens with one attached hydrogen (secondary N) is 1. The summed E-state index contributed by atoms with van der Waals surface area (Å²) in [6.45, 7) is 9.25. The van der Waals surface area contributed by atoms with Crippen LogP contribution in [0.15, 0.2) is 33.3 Å². The van der Waals surface area contributed by atoms with Gasteiger partial charge in [0.2, 0.25) is 5.96 Å². The lowest BCUT2D eigenvalue weighted by Crippen LogP contribution is -2.51. The lowest BCUT2D eigenvalue weighted by Gasteiger charge is -2.37. The maximum absolute atomic E-state index is 14.3. The zero-order valence-corrected chi connectivity index (χ0v) is 13.9. The smallest absolute Gasteiger partial charge is 0.227 e. The van der Waals surface area contributed by atoms with Crippen LogP contribution in [0.2, 0.25) is 0 Å². The van der Waals surface area contributed by atoms with Gasteiger partial charge in [-0.05, 0) is 19.1 Å². The van der Waals surface area contributed by atoms with Gasteiger partial charge in [-0.25, -0.2) is 14.4 Å². The van der Waals surface area contributed by atoms with Crippen LogP contribution in [0.5, 0.6) is 0 Å². The van der Waals surface area contributed by atoms with Crippen molar-refractivity contribution in [2.45, 2.75) is 6.92 Å². The summed E-state index contributed by atoms with van der Waals surface area (Å²) in [6.07, 6.45) is 1.68. The minimum absolute atomic E-state index is 0.323. The molecule has 1 saturated heterocycles. The minimum atomic E-state index is -0.363. The third-order valence-electron chi connectivity index (χ3n) is 3.63. The third kappa shape index (κ3) is 2.66. The molecule has 0 saturated carbocycles. The van der Waals surface area contributed by atoms with Crippen molar-refractivity contribution in [3.63, 3.8) is 0 Å². The molecule has 1 aromatic carbocycles. The SMILES string of the molecule is C=C1c2cc(Br)cc(F)c2N=C(N2CCNCC2)N1/N=C\C. The van der Waals surface area contributed by atoms with Gasteiger partial charge < -0.3 is 10.2 Å². The molecule has 0 atom stereocenters. The van der Waals surface area contributed by atoms with E-state index in [1.54, 1.807) is 11.2 Å². The molecule has 1 aromatic rings. The van der Waals surface area contributed by atoms with E-state index in [1.807, 2.05) is 13.0 Å². The van der Waals surface area contributed by atoms with Crippen molar-refractivity contribution in [3.8, 4) is 0 Å². The Bertz CT molecular complexity index is 664. The van der Waals surface area contributed by atoms with E-state index in [-0.39, 0.29) is 5.82 Å². The van der Waals surface area contributed by atoms with Gasteiger partial charge >= 0.3 is 0 Å². The van der Waals surface area contributed by atoms with Crippen LogP contribution in [0.4, 0.5) is 10.1 Å². The van der Waals surface area contributed by atoms with Gasteiger partial charge in [-0.1, -0.05) is 22.5 Å². The Morgan fingerprint density at radius 1 is 1.41 bits per heavy atom. The number of nitrogens with zero attached hydrogens (tertiary/aromatic N) is 4. The molecule has 0 radical (unpaired) electrons. The van der Waals surface area contributed by atoms with Crippen molar-refractivity contribution in [1.29, 1.82) is 0 Å². The van der Waals surface area contributed by atoms with Crippen molar-refractivity contribution in [1.82, 2.24) is 15.2 Å². The van der Waals surface area contributed by atoms with Crippen LogP contribution < -0.4 is 5.32 Å². The number of halogens is 2. The average molecular weight is 366 g/mol. The van der Waals surface area contributed by atoms with Crippen molar-refractivity contribution >= 4 is 39.5 Å². The van der Waals surface area contributed by atoms with Crippen LogP contribution in [0.25, 0.3) is 5.70 Å². The molecular formula is C15H17BrFN5. The van der Waals surface area contributed by atoms with E-state index in [4.69, 9.17) is 0 Å². The van der Waals surface area contributed by atoms with Crippen molar-refractivity contribution < 1.29 is 4.39 Å². The number of guanidine groups is 1. The number of fused-ring (bicyclic) bond motifs is 1. The van der Waals surface area contributed by atoms with Gasteiger partial charge in [-0.15, -0.1) is 0 Å². The molecule has 3 rings (SSSR count). The van der Waals surface area contributed by atoms with Gasteiger partial charge in [0, 0.05) is 42.4 Å². The molecule has 0 aliphatic carbocycles. The number of hydrazone groups is 1. The molecule has 1 fully saturated rings. The zero-order chi connectivity index (χ0) is 15.7. The lowest BCUT2D eigenvalue weighted by atomic mass is 10.1. The van der Waals surface area contributed by atoms with E-state index in [2.05, 4.69) is 42.8 Å². The predicted molar refractivity (Wildman–Crippen MR) is 90.7 cm³/mol. The number of aliphatic imine (C=N–C) groups is 1.